The zero-order valence-corrected chi connectivity index (χ0v) is 19.8. The Hall–Kier alpha value is -3.51. The van der Waals surface area contributed by atoms with Crippen molar-refractivity contribution in [1.29, 1.82) is 0 Å². The summed E-state index contributed by atoms with van der Waals surface area (Å²) < 4.78 is 39.1. The fraction of sp³-hybridized carbons (Fsp3) is 0.458. The normalized spacial score (nSPS) is 17.4. The number of pyridine rings is 1. The third kappa shape index (κ3) is 5.34. The first-order valence-electron chi connectivity index (χ1n) is 11.7. The molecule has 2 aliphatic heterocycles. The predicted molar refractivity (Wildman–Crippen MR) is 124 cm³/mol. The van der Waals surface area contributed by atoms with E-state index in [9.17, 15) is 28.3 Å². The SMILES string of the molecule is COCCCN1CN(CC2CCCO2)C(=O)c2c(O)c(=O)c(C(=O)NCc3ccc(F)cc3F)cn21. The molecule has 36 heavy (non-hydrogen) atoms. The van der Waals surface area contributed by atoms with Crippen LogP contribution in [0, 0.1) is 11.6 Å². The van der Waals surface area contributed by atoms with Crippen molar-refractivity contribution in [3.8, 4) is 5.75 Å². The van der Waals surface area contributed by atoms with Crippen molar-refractivity contribution in [3.63, 3.8) is 0 Å². The summed E-state index contributed by atoms with van der Waals surface area (Å²) in [6.45, 7) is 1.61. The van der Waals surface area contributed by atoms with Crippen LogP contribution >= 0.6 is 0 Å². The average Bonchev–Trinajstić information content (AvgIpc) is 3.36. The van der Waals surface area contributed by atoms with Crippen molar-refractivity contribution in [2.24, 2.45) is 0 Å². The molecule has 2 N–H and O–H groups in total. The predicted octanol–water partition coefficient (Wildman–Crippen LogP) is 1.33. The highest BCUT2D eigenvalue weighted by atomic mass is 19.1. The highest BCUT2D eigenvalue weighted by Crippen LogP contribution is 2.23. The molecule has 1 atom stereocenters. The smallest absolute Gasteiger partial charge is 0.277 e. The molecule has 1 aromatic heterocycles. The van der Waals surface area contributed by atoms with Gasteiger partial charge < -0.3 is 24.8 Å². The maximum atomic E-state index is 13.9. The molecule has 3 heterocycles. The quantitative estimate of drug-likeness (QED) is 0.494. The van der Waals surface area contributed by atoms with E-state index in [1.807, 2.05) is 0 Å². The molecule has 4 rings (SSSR count). The Morgan fingerprint density at radius 3 is 2.81 bits per heavy atom. The number of nitrogens with one attached hydrogen (secondary N) is 1. The van der Waals surface area contributed by atoms with E-state index in [4.69, 9.17) is 9.47 Å². The largest absolute Gasteiger partial charge is 0.502 e. The van der Waals surface area contributed by atoms with E-state index in [1.165, 1.54) is 21.8 Å². The first kappa shape index (κ1) is 25.6. The summed E-state index contributed by atoms with van der Waals surface area (Å²) in [6, 6.07) is 2.92. The number of hydrogen-bond acceptors (Lipinski definition) is 7. The third-order valence-electron chi connectivity index (χ3n) is 6.20. The number of methoxy groups -OCH3 is 1. The second-order valence-electron chi connectivity index (χ2n) is 8.71. The van der Waals surface area contributed by atoms with Crippen LogP contribution in [0.25, 0.3) is 0 Å². The Morgan fingerprint density at radius 1 is 1.31 bits per heavy atom. The van der Waals surface area contributed by atoms with Crippen molar-refractivity contribution in [2.75, 3.05) is 45.1 Å². The van der Waals surface area contributed by atoms with Crippen molar-refractivity contribution >= 4 is 11.8 Å². The summed E-state index contributed by atoms with van der Waals surface area (Å²) in [5.74, 6) is -3.88. The zero-order chi connectivity index (χ0) is 25.8. The van der Waals surface area contributed by atoms with E-state index < -0.39 is 40.2 Å². The average molecular weight is 507 g/mol. The van der Waals surface area contributed by atoms with E-state index >= 15 is 0 Å². The van der Waals surface area contributed by atoms with Gasteiger partial charge in [0.25, 0.3) is 11.8 Å². The summed E-state index contributed by atoms with van der Waals surface area (Å²) in [5, 5.41) is 14.9. The minimum atomic E-state index is -1.03. The van der Waals surface area contributed by atoms with Crippen LogP contribution in [0.15, 0.2) is 29.2 Å². The van der Waals surface area contributed by atoms with Gasteiger partial charge in [0, 0.05) is 57.8 Å². The van der Waals surface area contributed by atoms with E-state index in [1.54, 1.807) is 12.1 Å². The van der Waals surface area contributed by atoms with E-state index in [0.29, 0.717) is 38.8 Å². The number of rotatable bonds is 9. The van der Waals surface area contributed by atoms with Crippen LogP contribution < -0.4 is 15.8 Å². The minimum absolute atomic E-state index is 0.0215. The molecule has 12 heteroatoms. The Balaban J connectivity index is 1.62. The molecule has 1 fully saturated rings. The summed E-state index contributed by atoms with van der Waals surface area (Å²) in [5.41, 5.74) is -1.67. The molecule has 2 aliphatic rings. The van der Waals surface area contributed by atoms with Gasteiger partial charge in [-0.25, -0.2) is 8.78 Å². The van der Waals surface area contributed by atoms with Crippen LogP contribution in [0.3, 0.4) is 0 Å². The number of aromatic nitrogens is 1. The molecule has 0 spiro atoms. The van der Waals surface area contributed by atoms with Gasteiger partial charge in [-0.1, -0.05) is 6.07 Å². The lowest BCUT2D eigenvalue weighted by Crippen LogP contribution is -2.56. The van der Waals surface area contributed by atoms with Gasteiger partial charge in [0.2, 0.25) is 5.43 Å². The monoisotopic (exact) mass is 506 g/mol. The molecule has 0 saturated carbocycles. The lowest BCUT2D eigenvalue weighted by Gasteiger charge is -2.40. The van der Waals surface area contributed by atoms with E-state index in [0.717, 1.165) is 18.9 Å². The van der Waals surface area contributed by atoms with Crippen molar-refractivity contribution in [1.82, 2.24) is 14.9 Å². The van der Waals surface area contributed by atoms with Crippen molar-refractivity contribution in [3.05, 3.63) is 63.1 Å². The van der Waals surface area contributed by atoms with Gasteiger partial charge in [-0.15, -0.1) is 0 Å². The fourth-order valence-corrected chi connectivity index (χ4v) is 4.33. The van der Waals surface area contributed by atoms with Gasteiger partial charge in [0.1, 0.15) is 23.9 Å². The van der Waals surface area contributed by atoms with Crippen molar-refractivity contribution in [2.45, 2.75) is 31.9 Å². The summed E-state index contributed by atoms with van der Waals surface area (Å²) in [6.07, 6.45) is 3.34. The molecular weight excluding hydrogens is 478 g/mol. The number of ether oxygens (including phenoxy) is 2. The maximum absolute atomic E-state index is 13.9. The number of nitrogens with zero attached hydrogens (tertiary/aromatic N) is 3. The molecule has 1 aromatic carbocycles. The Labute approximate surface area is 206 Å². The molecule has 194 valence electrons. The van der Waals surface area contributed by atoms with Gasteiger partial charge in [-0.2, -0.15) is 0 Å². The first-order chi connectivity index (χ1) is 17.3. The molecule has 10 nitrogen and oxygen atoms in total. The number of amides is 2. The highest BCUT2D eigenvalue weighted by Gasteiger charge is 2.35. The second-order valence-corrected chi connectivity index (χ2v) is 8.71. The van der Waals surface area contributed by atoms with E-state index in [-0.39, 0.29) is 30.6 Å². The molecule has 2 amide bonds. The van der Waals surface area contributed by atoms with Gasteiger partial charge in [-0.3, -0.25) is 24.1 Å². The third-order valence-corrected chi connectivity index (χ3v) is 6.20. The number of halogens is 2. The van der Waals surface area contributed by atoms with Crippen LogP contribution in [-0.4, -0.2) is 72.7 Å². The molecule has 2 aromatic rings. The van der Waals surface area contributed by atoms with Crippen LogP contribution in [0.5, 0.6) is 5.75 Å². The number of fused-ring (bicyclic) bond motifs is 1. The number of carbonyl (C=O) groups excluding carboxylic acids is 2. The Morgan fingerprint density at radius 2 is 2.11 bits per heavy atom. The number of carbonyl (C=O) groups is 2. The lowest BCUT2D eigenvalue weighted by molar-refractivity contribution is 0.0455. The first-order valence-corrected chi connectivity index (χ1v) is 11.7. The number of aromatic hydroxyl groups is 1. The highest BCUT2D eigenvalue weighted by molar-refractivity contribution is 5.99. The summed E-state index contributed by atoms with van der Waals surface area (Å²) >= 11 is 0. The van der Waals surface area contributed by atoms with Crippen molar-refractivity contribution < 1.29 is 33.0 Å². The topological polar surface area (TPSA) is 113 Å². The molecular formula is C24H28F2N4O6. The van der Waals surface area contributed by atoms with E-state index in [2.05, 4.69) is 5.32 Å². The van der Waals surface area contributed by atoms with Gasteiger partial charge in [-0.05, 0) is 25.3 Å². The van der Waals surface area contributed by atoms with Crippen LogP contribution in [0.4, 0.5) is 8.78 Å². The lowest BCUT2D eigenvalue weighted by atomic mass is 10.1. The maximum Gasteiger partial charge on any atom is 0.277 e. The van der Waals surface area contributed by atoms with Crippen LogP contribution in [0.1, 0.15) is 45.7 Å². The number of hydrogen-bond donors (Lipinski definition) is 2. The zero-order valence-electron chi connectivity index (χ0n) is 19.8. The minimum Gasteiger partial charge on any atom is -0.502 e. The molecule has 1 unspecified atom stereocenters. The standard InChI is InChI=1S/C24H28F2N4O6/c1-35-8-3-7-29-14-28(12-17-4-2-9-36-17)24(34)20-22(32)21(31)18(13-30(20)29)23(33)27-11-15-5-6-16(25)10-19(15)26/h5-6,10,13,17,32H,2-4,7-9,11-12,14H2,1H3,(H,27,33). The second kappa shape index (κ2) is 11.0. The molecule has 0 aliphatic carbocycles. The number of benzene rings is 1. The van der Waals surface area contributed by atoms with Crippen LogP contribution in [-0.2, 0) is 16.0 Å². The van der Waals surface area contributed by atoms with Gasteiger partial charge in [0.05, 0.1) is 6.10 Å². The molecule has 1 saturated heterocycles. The molecule has 0 radical (unpaired) electrons. The Kier molecular flexibility index (Phi) is 7.85. The van der Waals surface area contributed by atoms with Gasteiger partial charge in [0.15, 0.2) is 11.4 Å². The van der Waals surface area contributed by atoms with Gasteiger partial charge >= 0.3 is 0 Å². The molecule has 0 bridgehead atoms. The van der Waals surface area contributed by atoms with Crippen LogP contribution in [0.2, 0.25) is 0 Å². The fourth-order valence-electron chi connectivity index (χ4n) is 4.33. The summed E-state index contributed by atoms with van der Waals surface area (Å²) in [4.78, 5) is 40.4. The summed E-state index contributed by atoms with van der Waals surface area (Å²) in [7, 11) is 1.56. The Bertz CT molecular complexity index is 1200.